The van der Waals surface area contributed by atoms with Gasteiger partial charge in [0, 0.05) is 34.2 Å². The minimum atomic E-state index is -0.0365. The molecule has 0 saturated carbocycles. The van der Waals surface area contributed by atoms with Crippen molar-refractivity contribution in [1.29, 1.82) is 0 Å². The Morgan fingerprint density at radius 3 is 2.24 bits per heavy atom. The van der Waals surface area contributed by atoms with Crippen LogP contribution in [0.4, 0.5) is 0 Å². The molecule has 25 heavy (non-hydrogen) atoms. The highest BCUT2D eigenvalue weighted by atomic mass is 16.3. The van der Waals surface area contributed by atoms with Gasteiger partial charge in [0.05, 0.1) is 0 Å². The van der Waals surface area contributed by atoms with Crippen LogP contribution in [0.25, 0.3) is 33.4 Å². The van der Waals surface area contributed by atoms with Gasteiger partial charge >= 0.3 is 0 Å². The second-order valence-corrected chi connectivity index (χ2v) is 6.00. The predicted octanol–water partition coefficient (Wildman–Crippen LogP) is 5.19. The molecule has 1 aromatic heterocycles. The van der Waals surface area contributed by atoms with Crippen LogP contribution in [0, 0.1) is 6.92 Å². The molecule has 4 heteroatoms. The van der Waals surface area contributed by atoms with E-state index in [0.29, 0.717) is 16.9 Å². The molecular weight excluding hydrogens is 316 g/mol. The fourth-order valence-electron chi connectivity index (χ4n) is 3.10. The van der Waals surface area contributed by atoms with Crippen molar-refractivity contribution in [3.8, 4) is 39.7 Å². The van der Waals surface area contributed by atoms with Gasteiger partial charge < -0.3 is 19.7 Å². The molecule has 4 rings (SSSR count). The van der Waals surface area contributed by atoms with Crippen LogP contribution in [-0.4, -0.2) is 15.3 Å². The molecule has 0 unspecified atom stereocenters. The molecule has 0 aliphatic rings. The molecule has 3 N–H and O–H groups in total. The smallest absolute Gasteiger partial charge is 0.143 e. The number of aromatic hydroxyl groups is 3. The summed E-state index contributed by atoms with van der Waals surface area (Å²) < 4.78 is 6.05. The van der Waals surface area contributed by atoms with Crippen molar-refractivity contribution in [2.24, 2.45) is 0 Å². The summed E-state index contributed by atoms with van der Waals surface area (Å²) in [5.41, 5.74) is 3.74. The molecular formula is C21H16O4. The van der Waals surface area contributed by atoms with Crippen LogP contribution in [0.1, 0.15) is 5.56 Å². The summed E-state index contributed by atoms with van der Waals surface area (Å²) in [4.78, 5) is 0. The SMILES string of the molecule is Cc1ccccc1-c1oc2cc(O)ccc2c1-c1ccc(O)cc1O. The highest BCUT2D eigenvalue weighted by molar-refractivity contribution is 6.03. The molecule has 0 spiro atoms. The van der Waals surface area contributed by atoms with E-state index in [1.54, 1.807) is 24.3 Å². The second-order valence-electron chi connectivity index (χ2n) is 6.00. The van der Waals surface area contributed by atoms with Crippen molar-refractivity contribution in [2.45, 2.75) is 6.92 Å². The third-order valence-corrected chi connectivity index (χ3v) is 4.31. The summed E-state index contributed by atoms with van der Waals surface area (Å²) in [6.07, 6.45) is 0. The highest BCUT2D eigenvalue weighted by Crippen LogP contribution is 2.45. The molecule has 1 heterocycles. The molecule has 4 nitrogen and oxygen atoms in total. The predicted molar refractivity (Wildman–Crippen MR) is 96.8 cm³/mol. The number of rotatable bonds is 2. The molecule has 4 aromatic rings. The van der Waals surface area contributed by atoms with Crippen molar-refractivity contribution in [1.82, 2.24) is 0 Å². The molecule has 0 radical (unpaired) electrons. The lowest BCUT2D eigenvalue weighted by atomic mass is 9.96. The summed E-state index contributed by atoms with van der Waals surface area (Å²) in [6, 6.07) is 17.2. The summed E-state index contributed by atoms with van der Waals surface area (Å²) in [6.45, 7) is 1.99. The molecule has 0 aliphatic heterocycles. The van der Waals surface area contributed by atoms with Crippen LogP contribution < -0.4 is 0 Å². The summed E-state index contributed by atoms with van der Waals surface area (Å²) in [7, 11) is 0. The largest absolute Gasteiger partial charge is 0.508 e. The maximum Gasteiger partial charge on any atom is 0.143 e. The fraction of sp³-hybridized carbons (Fsp3) is 0.0476. The van der Waals surface area contributed by atoms with Gasteiger partial charge in [-0.3, -0.25) is 0 Å². The lowest BCUT2D eigenvalue weighted by Crippen LogP contribution is -1.85. The third-order valence-electron chi connectivity index (χ3n) is 4.31. The zero-order chi connectivity index (χ0) is 17.6. The Morgan fingerprint density at radius 2 is 1.48 bits per heavy atom. The second kappa shape index (κ2) is 5.60. The lowest BCUT2D eigenvalue weighted by Gasteiger charge is -2.08. The monoisotopic (exact) mass is 332 g/mol. The topological polar surface area (TPSA) is 73.8 Å². The molecule has 0 atom stereocenters. The maximum atomic E-state index is 10.4. The number of hydrogen-bond acceptors (Lipinski definition) is 4. The number of phenols is 3. The maximum absolute atomic E-state index is 10.4. The van der Waals surface area contributed by atoms with Crippen molar-refractivity contribution in [3.05, 3.63) is 66.2 Å². The summed E-state index contributed by atoms with van der Waals surface area (Å²) >= 11 is 0. The van der Waals surface area contributed by atoms with Gasteiger partial charge in [0.2, 0.25) is 0 Å². The van der Waals surface area contributed by atoms with E-state index in [-0.39, 0.29) is 17.2 Å². The Bertz CT molecular complexity index is 1090. The van der Waals surface area contributed by atoms with Crippen molar-refractivity contribution in [2.75, 3.05) is 0 Å². The Kier molecular flexibility index (Phi) is 3.39. The average molecular weight is 332 g/mol. The zero-order valence-corrected chi connectivity index (χ0v) is 13.5. The molecule has 3 aromatic carbocycles. The normalized spacial score (nSPS) is 11.1. The number of benzene rings is 3. The minimum Gasteiger partial charge on any atom is -0.508 e. The Morgan fingerprint density at radius 1 is 0.760 bits per heavy atom. The third kappa shape index (κ3) is 2.48. The van der Waals surface area contributed by atoms with Gasteiger partial charge in [-0.25, -0.2) is 0 Å². The van der Waals surface area contributed by atoms with Crippen LogP contribution in [0.15, 0.2) is 65.1 Å². The summed E-state index contributed by atoms with van der Waals surface area (Å²) in [5, 5.41) is 30.5. The highest BCUT2D eigenvalue weighted by Gasteiger charge is 2.21. The van der Waals surface area contributed by atoms with Gasteiger partial charge in [0.1, 0.15) is 28.6 Å². The van der Waals surface area contributed by atoms with Gasteiger partial charge in [0.25, 0.3) is 0 Å². The van der Waals surface area contributed by atoms with Crippen LogP contribution >= 0.6 is 0 Å². The number of fused-ring (bicyclic) bond motifs is 1. The minimum absolute atomic E-state index is 0.0101. The van der Waals surface area contributed by atoms with Crippen LogP contribution in [-0.2, 0) is 0 Å². The van der Waals surface area contributed by atoms with Crippen LogP contribution in [0.5, 0.6) is 17.2 Å². The fourth-order valence-corrected chi connectivity index (χ4v) is 3.10. The van der Waals surface area contributed by atoms with E-state index in [2.05, 4.69) is 0 Å². The molecule has 0 amide bonds. The Labute approximate surface area is 144 Å². The van der Waals surface area contributed by atoms with Gasteiger partial charge in [0.15, 0.2) is 0 Å². The average Bonchev–Trinajstić information content (AvgIpc) is 2.93. The van der Waals surface area contributed by atoms with E-state index in [0.717, 1.165) is 22.1 Å². The van der Waals surface area contributed by atoms with Crippen LogP contribution in [0.2, 0.25) is 0 Å². The van der Waals surface area contributed by atoms with Gasteiger partial charge in [-0.2, -0.15) is 0 Å². The number of furan rings is 1. The van der Waals surface area contributed by atoms with Crippen molar-refractivity contribution in [3.63, 3.8) is 0 Å². The van der Waals surface area contributed by atoms with Crippen molar-refractivity contribution >= 4 is 11.0 Å². The molecule has 124 valence electrons. The van der Waals surface area contributed by atoms with Gasteiger partial charge in [-0.05, 0) is 36.8 Å². The first-order valence-electron chi connectivity index (χ1n) is 7.88. The Balaban J connectivity index is 2.11. The first kappa shape index (κ1) is 15.1. The van der Waals surface area contributed by atoms with Gasteiger partial charge in [-0.1, -0.05) is 24.3 Å². The van der Waals surface area contributed by atoms with Crippen molar-refractivity contribution < 1.29 is 19.7 Å². The number of aryl methyl sites for hydroxylation is 1. The first-order valence-corrected chi connectivity index (χ1v) is 7.88. The quantitative estimate of drug-likeness (QED) is 0.472. The van der Waals surface area contributed by atoms with Crippen LogP contribution in [0.3, 0.4) is 0 Å². The molecule has 0 aliphatic carbocycles. The Hall–Kier alpha value is -3.40. The number of phenolic OH excluding ortho intramolecular Hbond substituents is 3. The lowest BCUT2D eigenvalue weighted by molar-refractivity contribution is 0.452. The molecule has 0 saturated heterocycles. The molecule has 0 fully saturated rings. The number of hydrogen-bond donors (Lipinski definition) is 3. The van der Waals surface area contributed by atoms with E-state index < -0.39 is 0 Å². The first-order chi connectivity index (χ1) is 12.0. The van der Waals surface area contributed by atoms with E-state index in [1.807, 2.05) is 31.2 Å². The summed E-state index contributed by atoms with van der Waals surface area (Å²) in [5.74, 6) is 0.675. The molecule has 0 bridgehead atoms. The van der Waals surface area contributed by atoms with Gasteiger partial charge in [-0.15, -0.1) is 0 Å². The standard InChI is InChI=1S/C21H16O4/c1-12-4-2-3-5-15(12)21-20(16-8-6-13(22)10-18(16)24)17-9-7-14(23)11-19(17)25-21/h2-11,22-24H,1H3. The van der Waals surface area contributed by atoms with E-state index in [9.17, 15) is 15.3 Å². The zero-order valence-electron chi connectivity index (χ0n) is 13.5. The van der Waals surface area contributed by atoms with E-state index >= 15 is 0 Å². The van der Waals surface area contributed by atoms with E-state index in [1.165, 1.54) is 12.1 Å². The van der Waals surface area contributed by atoms with E-state index in [4.69, 9.17) is 4.42 Å².